The first kappa shape index (κ1) is 24.3. The standard InChI is InChI=1S/C26H31N3O4S/c1-5-10-33-25(31)23-18(4)28-26-29(24(23)21-9-8-16(2)12-17(21)3)19(15-34-26)13-22(30)27-14-20-7-6-11-32-20/h5,8-9,12,15,20,24H,1,6-7,10-11,13-14H2,2-4H3,(H,27,30). The molecule has 1 amide bonds. The van der Waals surface area contributed by atoms with E-state index >= 15 is 0 Å². The quantitative estimate of drug-likeness (QED) is 0.441. The second kappa shape index (κ2) is 10.6. The van der Waals surface area contributed by atoms with Gasteiger partial charge in [-0.3, -0.25) is 4.79 Å². The Hall–Kier alpha value is -2.84. The number of amides is 1. The third-order valence-corrected chi connectivity index (χ3v) is 7.05. The van der Waals surface area contributed by atoms with Crippen LogP contribution in [0, 0.1) is 13.8 Å². The van der Waals surface area contributed by atoms with Crippen LogP contribution in [0.1, 0.15) is 48.9 Å². The van der Waals surface area contributed by atoms with Crippen molar-refractivity contribution < 1.29 is 19.1 Å². The number of thioether (sulfide) groups is 1. The van der Waals surface area contributed by atoms with E-state index in [-0.39, 0.29) is 25.0 Å². The van der Waals surface area contributed by atoms with Crippen LogP contribution in [-0.4, -0.2) is 47.8 Å². The van der Waals surface area contributed by atoms with Gasteiger partial charge in [0, 0.05) is 18.8 Å². The van der Waals surface area contributed by atoms with Gasteiger partial charge in [-0.1, -0.05) is 48.2 Å². The lowest BCUT2D eigenvalue weighted by molar-refractivity contribution is -0.138. The van der Waals surface area contributed by atoms with Crippen LogP contribution in [0.5, 0.6) is 0 Å². The van der Waals surface area contributed by atoms with E-state index in [0.29, 0.717) is 17.8 Å². The van der Waals surface area contributed by atoms with E-state index in [4.69, 9.17) is 14.5 Å². The molecule has 3 aliphatic rings. The number of nitrogens with zero attached hydrogens (tertiary/aromatic N) is 2. The third kappa shape index (κ3) is 5.13. The van der Waals surface area contributed by atoms with Gasteiger partial charge in [0.15, 0.2) is 5.17 Å². The van der Waals surface area contributed by atoms with Crippen LogP contribution >= 0.6 is 11.8 Å². The summed E-state index contributed by atoms with van der Waals surface area (Å²) in [7, 11) is 0. The van der Waals surface area contributed by atoms with Crippen molar-refractivity contribution in [1.82, 2.24) is 10.2 Å². The average molecular weight is 482 g/mol. The molecule has 4 rings (SSSR count). The number of fused-ring (bicyclic) bond motifs is 1. The van der Waals surface area contributed by atoms with Crippen LogP contribution in [0.25, 0.3) is 0 Å². The molecule has 1 aromatic rings. The number of allylic oxidation sites excluding steroid dienone is 1. The van der Waals surface area contributed by atoms with E-state index in [2.05, 4.69) is 18.0 Å². The zero-order valence-electron chi connectivity index (χ0n) is 19.9. The summed E-state index contributed by atoms with van der Waals surface area (Å²) in [5.41, 5.74) is 5.09. The third-order valence-electron chi connectivity index (χ3n) is 6.17. The lowest BCUT2D eigenvalue weighted by atomic mass is 9.90. The second-order valence-corrected chi connectivity index (χ2v) is 9.59. The van der Waals surface area contributed by atoms with Gasteiger partial charge in [-0.25, -0.2) is 9.79 Å². The summed E-state index contributed by atoms with van der Waals surface area (Å²) in [6.45, 7) is 10.9. The van der Waals surface area contributed by atoms with E-state index in [9.17, 15) is 9.59 Å². The van der Waals surface area contributed by atoms with Crippen molar-refractivity contribution >= 4 is 28.8 Å². The molecule has 2 unspecified atom stereocenters. The number of hydrogen-bond donors (Lipinski definition) is 1. The molecule has 180 valence electrons. The van der Waals surface area contributed by atoms with Crippen LogP contribution in [0.3, 0.4) is 0 Å². The Balaban J connectivity index is 1.63. The number of aryl methyl sites for hydroxylation is 2. The van der Waals surface area contributed by atoms with Gasteiger partial charge in [-0.05, 0) is 50.1 Å². The number of hydrogen-bond acceptors (Lipinski definition) is 7. The molecular weight excluding hydrogens is 450 g/mol. The van der Waals surface area contributed by atoms with Gasteiger partial charge in [0.05, 0.1) is 29.8 Å². The van der Waals surface area contributed by atoms with Crippen molar-refractivity contribution in [2.24, 2.45) is 4.99 Å². The molecule has 3 heterocycles. The number of carbonyl (C=O) groups excluding carboxylic acids is 2. The Bertz CT molecular complexity index is 1090. The normalized spacial score (nSPS) is 21.7. The minimum absolute atomic E-state index is 0.0787. The Morgan fingerprint density at radius 1 is 1.35 bits per heavy atom. The maximum atomic E-state index is 13.2. The van der Waals surface area contributed by atoms with Gasteiger partial charge >= 0.3 is 5.97 Å². The van der Waals surface area contributed by atoms with Gasteiger partial charge in [0.2, 0.25) is 5.91 Å². The summed E-state index contributed by atoms with van der Waals surface area (Å²) >= 11 is 1.47. The number of aliphatic imine (C=N–C) groups is 1. The zero-order valence-corrected chi connectivity index (χ0v) is 20.7. The summed E-state index contributed by atoms with van der Waals surface area (Å²) in [6, 6.07) is 5.75. The number of carbonyl (C=O) groups is 2. The fourth-order valence-electron chi connectivity index (χ4n) is 4.53. The molecule has 34 heavy (non-hydrogen) atoms. The molecule has 8 heteroatoms. The van der Waals surface area contributed by atoms with Crippen molar-refractivity contribution in [2.45, 2.75) is 52.2 Å². The lowest BCUT2D eigenvalue weighted by Crippen LogP contribution is -2.39. The SMILES string of the molecule is C=CCOC(=O)C1=C(C)N=C2SC=C(CC(=O)NCC3CCCO3)N2C1c1ccc(C)cc1C. The molecule has 0 bridgehead atoms. The van der Waals surface area contributed by atoms with E-state index in [0.717, 1.165) is 47.0 Å². The van der Waals surface area contributed by atoms with Crippen LogP contribution in [0.15, 0.2) is 58.2 Å². The van der Waals surface area contributed by atoms with Gasteiger partial charge in [-0.2, -0.15) is 0 Å². The highest BCUT2D eigenvalue weighted by Gasteiger charge is 2.41. The molecule has 0 aliphatic carbocycles. The summed E-state index contributed by atoms with van der Waals surface area (Å²) in [5, 5.41) is 5.70. The fraction of sp³-hybridized carbons (Fsp3) is 0.423. The average Bonchev–Trinajstić information content (AvgIpc) is 3.45. The van der Waals surface area contributed by atoms with Crippen molar-refractivity contribution in [2.75, 3.05) is 19.8 Å². The first-order valence-electron chi connectivity index (χ1n) is 11.6. The highest BCUT2D eigenvalue weighted by molar-refractivity contribution is 8.16. The molecule has 7 nitrogen and oxygen atoms in total. The van der Waals surface area contributed by atoms with E-state index in [1.807, 2.05) is 43.2 Å². The van der Waals surface area contributed by atoms with E-state index in [1.54, 1.807) is 6.08 Å². The topological polar surface area (TPSA) is 80.2 Å². The van der Waals surface area contributed by atoms with Crippen molar-refractivity contribution in [3.05, 3.63) is 69.9 Å². The summed E-state index contributed by atoms with van der Waals surface area (Å²) in [4.78, 5) is 32.7. The predicted octanol–water partition coefficient (Wildman–Crippen LogP) is 4.29. The Morgan fingerprint density at radius 3 is 2.88 bits per heavy atom. The first-order chi connectivity index (χ1) is 16.4. The first-order valence-corrected chi connectivity index (χ1v) is 12.4. The number of amidine groups is 1. The Morgan fingerprint density at radius 2 is 2.18 bits per heavy atom. The molecule has 1 aromatic carbocycles. The molecular formula is C26H31N3O4S. The molecule has 1 saturated heterocycles. The number of nitrogens with one attached hydrogen (secondary N) is 1. The molecule has 0 saturated carbocycles. The molecule has 2 atom stereocenters. The van der Waals surface area contributed by atoms with Crippen LogP contribution in [0.2, 0.25) is 0 Å². The summed E-state index contributed by atoms with van der Waals surface area (Å²) in [5.74, 6) is -0.505. The molecule has 0 aromatic heterocycles. The second-order valence-electron chi connectivity index (χ2n) is 8.76. The Kier molecular flexibility index (Phi) is 7.58. The van der Waals surface area contributed by atoms with Crippen molar-refractivity contribution in [1.29, 1.82) is 0 Å². The molecule has 1 N–H and O–H groups in total. The molecule has 0 spiro atoms. The summed E-state index contributed by atoms with van der Waals surface area (Å²) in [6.07, 6.45) is 3.82. The summed E-state index contributed by atoms with van der Waals surface area (Å²) < 4.78 is 11.1. The largest absolute Gasteiger partial charge is 0.458 e. The predicted molar refractivity (Wildman–Crippen MR) is 134 cm³/mol. The van der Waals surface area contributed by atoms with E-state index in [1.165, 1.54) is 11.8 Å². The lowest BCUT2D eigenvalue weighted by Gasteiger charge is -2.37. The van der Waals surface area contributed by atoms with Crippen LogP contribution < -0.4 is 5.32 Å². The molecule has 1 fully saturated rings. The number of ether oxygens (including phenoxy) is 2. The maximum Gasteiger partial charge on any atom is 0.338 e. The van der Waals surface area contributed by atoms with Crippen LogP contribution in [0.4, 0.5) is 0 Å². The van der Waals surface area contributed by atoms with Crippen LogP contribution in [-0.2, 0) is 19.1 Å². The number of esters is 1. The van der Waals surface area contributed by atoms with Crippen molar-refractivity contribution in [3.63, 3.8) is 0 Å². The van der Waals surface area contributed by atoms with Gasteiger partial charge in [0.25, 0.3) is 0 Å². The Labute approximate surface area is 205 Å². The fourth-order valence-corrected chi connectivity index (χ4v) is 5.49. The minimum Gasteiger partial charge on any atom is -0.458 e. The van der Waals surface area contributed by atoms with Gasteiger partial charge in [0.1, 0.15) is 6.61 Å². The maximum absolute atomic E-state index is 13.2. The molecule has 0 radical (unpaired) electrons. The smallest absolute Gasteiger partial charge is 0.338 e. The van der Waals surface area contributed by atoms with Gasteiger partial charge in [-0.15, -0.1) is 0 Å². The minimum atomic E-state index is -0.433. The monoisotopic (exact) mass is 481 g/mol. The highest BCUT2D eigenvalue weighted by Crippen LogP contribution is 2.45. The van der Waals surface area contributed by atoms with Gasteiger partial charge < -0.3 is 19.7 Å². The van der Waals surface area contributed by atoms with Crippen molar-refractivity contribution in [3.8, 4) is 0 Å². The number of benzene rings is 1. The number of rotatable bonds is 8. The molecule has 3 aliphatic heterocycles. The zero-order chi connectivity index (χ0) is 24.2. The highest BCUT2D eigenvalue weighted by atomic mass is 32.2. The van der Waals surface area contributed by atoms with E-state index < -0.39 is 12.0 Å².